The largest absolute Gasteiger partial charge is 0.228 e. The van der Waals surface area contributed by atoms with Crippen molar-refractivity contribution < 1.29 is 0 Å². The van der Waals surface area contributed by atoms with Crippen LogP contribution in [-0.4, -0.2) is 9.97 Å². The summed E-state index contributed by atoms with van der Waals surface area (Å²) in [6.45, 7) is 0. The van der Waals surface area contributed by atoms with Crippen molar-refractivity contribution in [3.8, 4) is 56.2 Å². The van der Waals surface area contributed by atoms with Gasteiger partial charge in [-0.3, -0.25) is 0 Å². The smallest absolute Gasteiger partial charge is 0.160 e. The highest BCUT2D eigenvalue weighted by Crippen LogP contribution is 2.50. The predicted octanol–water partition coefficient (Wildman–Crippen LogP) is 18.2. The fourth-order valence-electron chi connectivity index (χ4n) is 10.4. The molecule has 0 unspecified atom stereocenters. The van der Waals surface area contributed by atoms with Crippen molar-refractivity contribution in [1.82, 2.24) is 9.97 Å². The molecular weight excluding hydrogens is 837 g/mol. The second-order valence-corrected chi connectivity index (χ2v) is 19.3. The van der Waals surface area contributed by atoms with Crippen LogP contribution in [0.4, 0.5) is 0 Å². The lowest BCUT2D eigenvalue weighted by molar-refractivity contribution is 1.19. The molecule has 0 spiro atoms. The molecule has 0 aliphatic rings. The molecule has 2 nitrogen and oxygen atoms in total. The highest BCUT2D eigenvalue weighted by Gasteiger charge is 2.21. The van der Waals surface area contributed by atoms with E-state index < -0.39 is 0 Å². The average molecular weight is 873 g/mol. The number of nitrogens with zero attached hydrogens (tertiary/aromatic N) is 2. The van der Waals surface area contributed by atoms with Gasteiger partial charge in [0.1, 0.15) is 0 Å². The van der Waals surface area contributed by atoms with Gasteiger partial charge in [-0.1, -0.05) is 176 Å². The Morgan fingerprint density at radius 1 is 0.273 bits per heavy atom. The van der Waals surface area contributed by atoms with Crippen molar-refractivity contribution in [2.45, 2.75) is 0 Å². The molecule has 11 aromatic carbocycles. The van der Waals surface area contributed by atoms with Crippen molar-refractivity contribution in [1.29, 1.82) is 0 Å². The summed E-state index contributed by atoms with van der Waals surface area (Å²) >= 11 is 3.75. The first-order valence-corrected chi connectivity index (χ1v) is 24.0. The number of hydrogen-bond donors (Lipinski definition) is 0. The standard InChI is InChI=1S/C62H36N2S2/c1-2-15-37(16-3-1)38-19-12-21-42(31-38)54-36-55(50-29-14-28-49-47-26-10-11-30-56(47)65-60(49)50)64-62(63-54)43-22-13-20-41(32-43)51-35-52-46-25-7-6-23-44(46)45-24-8-9-27-48(45)58(52)61-59(51)53-33-39-17-4-5-18-40(39)34-57(53)66-61/h1-36H. The van der Waals surface area contributed by atoms with E-state index in [-0.39, 0.29) is 0 Å². The van der Waals surface area contributed by atoms with E-state index in [9.17, 15) is 0 Å². The third-order valence-corrected chi connectivity index (χ3v) is 15.8. The average Bonchev–Trinajstić information content (AvgIpc) is 3.96. The second kappa shape index (κ2) is 14.8. The Labute approximate surface area is 388 Å². The van der Waals surface area contributed by atoms with E-state index in [4.69, 9.17) is 9.97 Å². The molecule has 0 fully saturated rings. The molecule has 0 amide bonds. The summed E-state index contributed by atoms with van der Waals surface area (Å²) < 4.78 is 5.11. The molecule has 3 heterocycles. The Balaban J connectivity index is 1.03. The van der Waals surface area contributed by atoms with E-state index in [1.54, 1.807) is 0 Å². The lowest BCUT2D eigenvalue weighted by Gasteiger charge is -2.15. The highest BCUT2D eigenvalue weighted by atomic mass is 32.1. The monoisotopic (exact) mass is 872 g/mol. The summed E-state index contributed by atoms with van der Waals surface area (Å²) in [5.41, 5.74) is 9.60. The predicted molar refractivity (Wildman–Crippen MR) is 285 cm³/mol. The van der Waals surface area contributed by atoms with Gasteiger partial charge in [-0.05, 0) is 102 Å². The summed E-state index contributed by atoms with van der Waals surface area (Å²) in [6, 6.07) is 79.6. The molecule has 0 bridgehead atoms. The molecule has 0 aliphatic heterocycles. The number of benzene rings is 11. The summed E-state index contributed by atoms with van der Waals surface area (Å²) in [6.07, 6.45) is 0. The fourth-order valence-corrected chi connectivity index (χ4v) is 12.9. The van der Waals surface area contributed by atoms with Gasteiger partial charge >= 0.3 is 0 Å². The fraction of sp³-hybridized carbons (Fsp3) is 0. The molecule has 0 saturated carbocycles. The van der Waals surface area contributed by atoms with Gasteiger partial charge < -0.3 is 0 Å². The second-order valence-electron chi connectivity index (χ2n) is 17.2. The first kappa shape index (κ1) is 37.4. The van der Waals surface area contributed by atoms with E-state index in [1.165, 1.54) is 94.6 Å². The topological polar surface area (TPSA) is 25.8 Å². The minimum absolute atomic E-state index is 0.697. The molecule has 66 heavy (non-hydrogen) atoms. The first-order chi connectivity index (χ1) is 32.7. The normalized spacial score (nSPS) is 11.9. The molecule has 0 saturated heterocycles. The Morgan fingerprint density at radius 3 is 1.68 bits per heavy atom. The molecule has 3 aromatic heterocycles. The number of fused-ring (bicyclic) bond motifs is 14. The van der Waals surface area contributed by atoms with Gasteiger partial charge in [0.25, 0.3) is 0 Å². The van der Waals surface area contributed by atoms with Crippen LogP contribution in [0.15, 0.2) is 218 Å². The zero-order valence-corrected chi connectivity index (χ0v) is 37.1. The van der Waals surface area contributed by atoms with Crippen molar-refractivity contribution in [2.75, 3.05) is 0 Å². The summed E-state index contributed by atoms with van der Waals surface area (Å²) in [4.78, 5) is 10.9. The van der Waals surface area contributed by atoms with Crippen molar-refractivity contribution in [3.05, 3.63) is 218 Å². The van der Waals surface area contributed by atoms with Crippen LogP contribution < -0.4 is 0 Å². The van der Waals surface area contributed by atoms with Gasteiger partial charge in [0.05, 0.1) is 11.4 Å². The van der Waals surface area contributed by atoms with Gasteiger partial charge in [0.2, 0.25) is 0 Å². The van der Waals surface area contributed by atoms with E-state index in [0.717, 1.165) is 39.2 Å². The highest BCUT2D eigenvalue weighted by molar-refractivity contribution is 7.27. The lowest BCUT2D eigenvalue weighted by atomic mass is 9.89. The van der Waals surface area contributed by atoms with Crippen LogP contribution in [0.1, 0.15) is 0 Å². The van der Waals surface area contributed by atoms with Crippen LogP contribution in [-0.2, 0) is 0 Å². The third-order valence-electron chi connectivity index (χ3n) is 13.4. The lowest BCUT2D eigenvalue weighted by Crippen LogP contribution is -1.96. The van der Waals surface area contributed by atoms with E-state index in [0.29, 0.717) is 5.82 Å². The first-order valence-electron chi connectivity index (χ1n) is 22.4. The number of rotatable bonds is 5. The zero-order valence-electron chi connectivity index (χ0n) is 35.5. The number of thiophene rings is 2. The maximum atomic E-state index is 5.49. The van der Waals surface area contributed by atoms with Crippen LogP contribution >= 0.6 is 22.7 Å². The minimum atomic E-state index is 0.697. The number of hydrogen-bond acceptors (Lipinski definition) is 4. The Morgan fingerprint density at radius 2 is 0.848 bits per heavy atom. The zero-order chi connectivity index (χ0) is 43.3. The minimum Gasteiger partial charge on any atom is -0.228 e. The third kappa shape index (κ3) is 5.86. The Kier molecular flexibility index (Phi) is 8.36. The maximum absolute atomic E-state index is 5.49. The van der Waals surface area contributed by atoms with Crippen molar-refractivity contribution in [3.63, 3.8) is 0 Å². The van der Waals surface area contributed by atoms with Gasteiger partial charge in [-0.15, -0.1) is 22.7 Å². The molecular formula is C62H36N2S2. The molecule has 0 radical (unpaired) electrons. The summed E-state index contributed by atoms with van der Waals surface area (Å²) in [5.74, 6) is 0.697. The maximum Gasteiger partial charge on any atom is 0.160 e. The molecule has 0 aliphatic carbocycles. The van der Waals surface area contributed by atoms with E-state index in [2.05, 4.69) is 218 Å². The van der Waals surface area contributed by atoms with Gasteiger partial charge in [-0.25, -0.2) is 9.97 Å². The van der Waals surface area contributed by atoms with Crippen molar-refractivity contribution >= 4 is 106 Å². The molecule has 0 N–H and O–H groups in total. The van der Waals surface area contributed by atoms with Gasteiger partial charge in [0, 0.05) is 62.4 Å². The summed E-state index contributed by atoms with van der Waals surface area (Å²) in [7, 11) is 0. The quantitative estimate of drug-likeness (QED) is 0.161. The molecule has 14 rings (SSSR count). The molecule has 4 heteroatoms. The van der Waals surface area contributed by atoms with Crippen LogP contribution in [0, 0.1) is 0 Å². The molecule has 14 aromatic rings. The van der Waals surface area contributed by atoms with E-state index in [1.807, 2.05) is 22.7 Å². The molecule has 0 atom stereocenters. The van der Waals surface area contributed by atoms with E-state index >= 15 is 0 Å². The van der Waals surface area contributed by atoms with Crippen LogP contribution in [0.2, 0.25) is 0 Å². The van der Waals surface area contributed by atoms with Crippen LogP contribution in [0.3, 0.4) is 0 Å². The van der Waals surface area contributed by atoms with Crippen LogP contribution in [0.25, 0.3) is 140 Å². The van der Waals surface area contributed by atoms with Crippen molar-refractivity contribution in [2.24, 2.45) is 0 Å². The Bertz CT molecular complexity index is 4290. The SMILES string of the molecule is c1ccc(-c2cccc(-c3cc(-c4cccc5c4sc4ccccc45)nc(-c4cccc(-c5cc6c7ccccc7c7ccccc7c6c6sc7cc8ccccc8cc7c56)c4)n3)c2)cc1. The van der Waals surface area contributed by atoms with Gasteiger partial charge in [-0.2, -0.15) is 0 Å². The molecule has 306 valence electrons. The number of aromatic nitrogens is 2. The Hall–Kier alpha value is -8.02. The summed E-state index contributed by atoms with van der Waals surface area (Å²) in [5, 5.41) is 15.3. The van der Waals surface area contributed by atoms with Gasteiger partial charge in [0.15, 0.2) is 5.82 Å². The van der Waals surface area contributed by atoms with Crippen LogP contribution in [0.5, 0.6) is 0 Å².